The molecule has 0 radical (unpaired) electrons. The molecule has 1 aliphatic carbocycles. The zero-order chi connectivity index (χ0) is 13.7. The Balaban J connectivity index is 2.11. The van der Waals surface area contributed by atoms with E-state index in [1.807, 2.05) is 0 Å². The van der Waals surface area contributed by atoms with Gasteiger partial charge in [-0.25, -0.2) is 0 Å². The fraction of sp³-hybridized carbons (Fsp3) is 0.667. The van der Waals surface area contributed by atoms with Crippen molar-refractivity contribution in [2.75, 3.05) is 6.54 Å². The van der Waals surface area contributed by atoms with E-state index >= 15 is 0 Å². The summed E-state index contributed by atoms with van der Waals surface area (Å²) in [5.41, 5.74) is 4.48. The maximum Gasteiger partial charge on any atom is 0.0136 e. The molecule has 0 spiro atoms. The van der Waals surface area contributed by atoms with Gasteiger partial charge in [-0.15, -0.1) is 0 Å². The van der Waals surface area contributed by atoms with Crippen LogP contribution in [0.1, 0.15) is 55.7 Å². The predicted octanol–water partition coefficient (Wildman–Crippen LogP) is 4.40. The highest BCUT2D eigenvalue weighted by Crippen LogP contribution is 2.29. The van der Waals surface area contributed by atoms with Crippen LogP contribution in [0.15, 0.2) is 18.2 Å². The number of rotatable bonds is 5. The molecule has 1 nitrogen and oxygen atoms in total. The molecule has 0 saturated heterocycles. The Morgan fingerprint density at radius 1 is 1.11 bits per heavy atom. The summed E-state index contributed by atoms with van der Waals surface area (Å²) in [6.45, 7) is 7.84. The van der Waals surface area contributed by atoms with Crippen molar-refractivity contribution in [3.05, 3.63) is 34.9 Å². The Kier molecular flexibility index (Phi) is 5.45. The Morgan fingerprint density at radius 3 is 2.32 bits per heavy atom. The van der Waals surface area contributed by atoms with Crippen LogP contribution in [0.25, 0.3) is 0 Å². The molecule has 0 amide bonds. The van der Waals surface area contributed by atoms with E-state index in [0.717, 1.165) is 12.5 Å². The Morgan fingerprint density at radius 2 is 1.74 bits per heavy atom. The zero-order valence-electron chi connectivity index (χ0n) is 12.8. The fourth-order valence-corrected chi connectivity index (χ4v) is 3.60. The summed E-state index contributed by atoms with van der Waals surface area (Å²) in [6, 6.07) is 7.36. The first-order valence-corrected chi connectivity index (χ1v) is 8.00. The monoisotopic (exact) mass is 259 g/mol. The van der Waals surface area contributed by atoms with Crippen molar-refractivity contribution in [2.45, 2.75) is 65.3 Å². The van der Waals surface area contributed by atoms with Crippen molar-refractivity contribution in [1.29, 1.82) is 0 Å². The number of aryl methyl sites for hydroxylation is 2. The molecule has 1 fully saturated rings. The van der Waals surface area contributed by atoms with Crippen LogP contribution < -0.4 is 5.32 Å². The van der Waals surface area contributed by atoms with Crippen LogP contribution in [0.3, 0.4) is 0 Å². The Hall–Kier alpha value is -0.820. The second kappa shape index (κ2) is 7.09. The minimum atomic E-state index is 0.671. The summed E-state index contributed by atoms with van der Waals surface area (Å²) in [4.78, 5) is 0. The van der Waals surface area contributed by atoms with Gasteiger partial charge in [-0.2, -0.15) is 0 Å². The van der Waals surface area contributed by atoms with E-state index in [1.54, 1.807) is 5.56 Å². The van der Waals surface area contributed by atoms with Gasteiger partial charge in [0.1, 0.15) is 0 Å². The van der Waals surface area contributed by atoms with Crippen LogP contribution in [-0.4, -0.2) is 12.6 Å². The van der Waals surface area contributed by atoms with Crippen LogP contribution in [-0.2, 0) is 6.42 Å². The molecular formula is C18H29N. The number of likely N-dealkylation sites (N-methyl/N-ethyl adjacent to an activating group) is 1. The van der Waals surface area contributed by atoms with Crippen LogP contribution in [0, 0.1) is 19.8 Å². The number of benzene rings is 1. The third kappa shape index (κ3) is 3.82. The van der Waals surface area contributed by atoms with Crippen molar-refractivity contribution in [3.63, 3.8) is 0 Å². The Bertz CT molecular complexity index is 370. The van der Waals surface area contributed by atoms with Crippen LogP contribution >= 0.6 is 0 Å². The molecule has 1 heteroatoms. The molecule has 1 N–H and O–H groups in total. The van der Waals surface area contributed by atoms with Gasteiger partial charge in [-0.05, 0) is 62.3 Å². The van der Waals surface area contributed by atoms with E-state index in [4.69, 9.17) is 0 Å². The van der Waals surface area contributed by atoms with Gasteiger partial charge in [-0.3, -0.25) is 0 Å². The lowest BCUT2D eigenvalue weighted by Crippen LogP contribution is -2.39. The van der Waals surface area contributed by atoms with Gasteiger partial charge in [0.2, 0.25) is 0 Å². The summed E-state index contributed by atoms with van der Waals surface area (Å²) in [7, 11) is 0. The van der Waals surface area contributed by atoms with Crippen molar-refractivity contribution >= 4 is 0 Å². The van der Waals surface area contributed by atoms with Crippen LogP contribution in [0.2, 0.25) is 0 Å². The highest BCUT2D eigenvalue weighted by Gasteiger charge is 2.23. The van der Waals surface area contributed by atoms with Crippen molar-refractivity contribution in [3.8, 4) is 0 Å². The molecule has 2 rings (SSSR count). The summed E-state index contributed by atoms with van der Waals surface area (Å²) in [5.74, 6) is 0.882. The molecule has 0 aromatic heterocycles. The normalized spacial score (nSPS) is 18.5. The van der Waals surface area contributed by atoms with Gasteiger partial charge in [0, 0.05) is 6.04 Å². The molecule has 19 heavy (non-hydrogen) atoms. The van der Waals surface area contributed by atoms with Crippen molar-refractivity contribution in [2.24, 2.45) is 5.92 Å². The predicted molar refractivity (Wildman–Crippen MR) is 83.7 cm³/mol. The fourth-order valence-electron chi connectivity index (χ4n) is 3.60. The molecule has 1 aromatic rings. The zero-order valence-corrected chi connectivity index (χ0v) is 12.8. The molecule has 0 bridgehead atoms. The second-order valence-corrected chi connectivity index (χ2v) is 6.14. The largest absolute Gasteiger partial charge is 0.314 e. The molecular weight excluding hydrogens is 230 g/mol. The summed E-state index contributed by atoms with van der Waals surface area (Å²) >= 11 is 0. The maximum atomic E-state index is 3.76. The van der Waals surface area contributed by atoms with Gasteiger partial charge in [-0.1, -0.05) is 44.4 Å². The number of hydrogen-bond acceptors (Lipinski definition) is 1. The first-order valence-electron chi connectivity index (χ1n) is 8.00. The third-order valence-electron chi connectivity index (χ3n) is 4.75. The standard InChI is InChI=1S/C18H29N/c1-4-19-18(16-11-6-5-7-12-16)13-17-14(2)9-8-10-15(17)3/h8-10,16,18-19H,4-7,11-13H2,1-3H3. The van der Waals surface area contributed by atoms with E-state index in [1.165, 1.54) is 49.7 Å². The highest BCUT2D eigenvalue weighted by atomic mass is 14.9. The van der Waals surface area contributed by atoms with Gasteiger partial charge >= 0.3 is 0 Å². The smallest absolute Gasteiger partial charge is 0.0136 e. The Labute approximate surface area is 118 Å². The first kappa shape index (κ1) is 14.6. The van der Waals surface area contributed by atoms with Gasteiger partial charge < -0.3 is 5.32 Å². The second-order valence-electron chi connectivity index (χ2n) is 6.14. The van der Waals surface area contributed by atoms with E-state index in [2.05, 4.69) is 44.3 Å². The first-order chi connectivity index (χ1) is 9.22. The van der Waals surface area contributed by atoms with E-state index < -0.39 is 0 Å². The van der Waals surface area contributed by atoms with E-state index in [-0.39, 0.29) is 0 Å². The number of nitrogens with one attached hydrogen (secondary N) is 1. The third-order valence-corrected chi connectivity index (χ3v) is 4.75. The molecule has 1 saturated carbocycles. The minimum absolute atomic E-state index is 0.671. The van der Waals surface area contributed by atoms with Crippen LogP contribution in [0.5, 0.6) is 0 Å². The minimum Gasteiger partial charge on any atom is -0.314 e. The topological polar surface area (TPSA) is 12.0 Å². The van der Waals surface area contributed by atoms with E-state index in [0.29, 0.717) is 6.04 Å². The summed E-state index contributed by atoms with van der Waals surface area (Å²) < 4.78 is 0. The lowest BCUT2D eigenvalue weighted by atomic mass is 9.80. The molecule has 0 heterocycles. The number of hydrogen-bond donors (Lipinski definition) is 1. The van der Waals surface area contributed by atoms with E-state index in [9.17, 15) is 0 Å². The molecule has 1 aliphatic rings. The molecule has 1 aromatic carbocycles. The SMILES string of the molecule is CCNC(Cc1c(C)cccc1C)C1CCCCC1. The summed E-state index contributed by atoms with van der Waals surface area (Å²) in [6.07, 6.45) is 8.35. The van der Waals surface area contributed by atoms with Gasteiger partial charge in [0.25, 0.3) is 0 Å². The highest BCUT2D eigenvalue weighted by molar-refractivity contribution is 5.34. The lowest BCUT2D eigenvalue weighted by Gasteiger charge is -2.31. The average molecular weight is 259 g/mol. The molecule has 1 atom stereocenters. The van der Waals surface area contributed by atoms with Crippen LogP contribution in [0.4, 0.5) is 0 Å². The summed E-state index contributed by atoms with van der Waals surface area (Å²) in [5, 5.41) is 3.76. The maximum absolute atomic E-state index is 3.76. The van der Waals surface area contributed by atoms with Gasteiger partial charge in [0.05, 0.1) is 0 Å². The molecule has 106 valence electrons. The van der Waals surface area contributed by atoms with Crippen molar-refractivity contribution < 1.29 is 0 Å². The quantitative estimate of drug-likeness (QED) is 0.826. The molecule has 0 aliphatic heterocycles. The van der Waals surface area contributed by atoms with Gasteiger partial charge in [0.15, 0.2) is 0 Å². The average Bonchev–Trinajstić information content (AvgIpc) is 2.43. The lowest BCUT2D eigenvalue weighted by molar-refractivity contribution is 0.269. The van der Waals surface area contributed by atoms with Crippen molar-refractivity contribution in [1.82, 2.24) is 5.32 Å². The molecule has 1 unspecified atom stereocenters.